The maximum atomic E-state index is 14.0. The Hall–Kier alpha value is -3.52. The van der Waals surface area contributed by atoms with Gasteiger partial charge in [-0.1, -0.05) is 35.5 Å². The lowest BCUT2D eigenvalue weighted by Gasteiger charge is -2.36. The van der Waals surface area contributed by atoms with E-state index in [2.05, 4.69) is 22.0 Å². The van der Waals surface area contributed by atoms with Gasteiger partial charge in [0.2, 0.25) is 5.82 Å². The van der Waals surface area contributed by atoms with Crippen LogP contribution in [0.2, 0.25) is 0 Å². The molecule has 4 rings (SSSR count). The number of nitrogens with zero attached hydrogens (tertiary/aromatic N) is 3. The fourth-order valence-corrected chi connectivity index (χ4v) is 3.89. The monoisotopic (exact) mass is 436 g/mol. The van der Waals surface area contributed by atoms with E-state index < -0.39 is 6.04 Å². The lowest BCUT2D eigenvalue weighted by Crippen LogP contribution is -2.45. The topological polar surface area (TPSA) is 63.4 Å². The van der Waals surface area contributed by atoms with Crippen LogP contribution >= 0.6 is 12.2 Å². The van der Waals surface area contributed by atoms with Crippen LogP contribution in [0.1, 0.15) is 24.4 Å². The Morgan fingerprint density at radius 1 is 1.29 bits per heavy atom. The first-order chi connectivity index (χ1) is 15.0. The van der Waals surface area contributed by atoms with Crippen molar-refractivity contribution in [3.8, 4) is 17.1 Å². The normalized spacial score (nSPS) is 16.3. The molecule has 6 nitrogen and oxygen atoms in total. The molecule has 31 heavy (non-hydrogen) atoms. The second-order valence-electron chi connectivity index (χ2n) is 6.99. The molecule has 3 aromatic rings. The van der Waals surface area contributed by atoms with E-state index in [4.69, 9.17) is 21.5 Å². The van der Waals surface area contributed by atoms with Crippen LogP contribution in [0.5, 0.6) is 5.75 Å². The van der Waals surface area contributed by atoms with E-state index in [1.807, 2.05) is 42.2 Å². The van der Waals surface area contributed by atoms with Gasteiger partial charge in [-0.15, -0.1) is 6.58 Å². The molecule has 1 aliphatic heterocycles. The number of methoxy groups -OCH3 is 1. The van der Waals surface area contributed by atoms with Gasteiger partial charge in [0, 0.05) is 17.8 Å². The summed E-state index contributed by atoms with van der Waals surface area (Å²) in [5, 5.41) is 7.95. The molecule has 0 bridgehead atoms. The van der Waals surface area contributed by atoms with E-state index >= 15 is 0 Å². The first-order valence-corrected chi connectivity index (χ1v) is 10.1. The standard InChI is InChI=1S/C23H21FN4O2S/c1-4-11-28-14(2)19(20(25-23(28)31)15-7-5-9-17(24)12-15)22-26-21(27-30-22)16-8-6-10-18(13-16)29-3/h4-10,12-13,20H,1,11H2,2-3H3,(H,25,31). The zero-order chi connectivity index (χ0) is 22.0. The van der Waals surface area contributed by atoms with Gasteiger partial charge in [0.15, 0.2) is 5.11 Å². The van der Waals surface area contributed by atoms with E-state index in [1.54, 1.807) is 19.3 Å². The maximum absolute atomic E-state index is 14.0. The molecule has 1 aliphatic rings. The van der Waals surface area contributed by atoms with Crippen LogP contribution in [0, 0.1) is 5.82 Å². The lowest BCUT2D eigenvalue weighted by atomic mass is 9.94. The van der Waals surface area contributed by atoms with E-state index in [-0.39, 0.29) is 5.82 Å². The summed E-state index contributed by atoms with van der Waals surface area (Å²) in [5.41, 5.74) is 3.02. The first-order valence-electron chi connectivity index (χ1n) is 9.65. The molecule has 8 heteroatoms. The van der Waals surface area contributed by atoms with Gasteiger partial charge in [0.05, 0.1) is 18.7 Å². The van der Waals surface area contributed by atoms with Crippen molar-refractivity contribution in [1.29, 1.82) is 0 Å². The van der Waals surface area contributed by atoms with Crippen LogP contribution in [0.3, 0.4) is 0 Å². The number of benzene rings is 2. The van der Waals surface area contributed by atoms with E-state index in [0.29, 0.717) is 34.7 Å². The molecule has 0 spiro atoms. The summed E-state index contributed by atoms with van der Waals surface area (Å²) in [6.45, 7) is 6.24. The van der Waals surface area contributed by atoms with Crippen molar-refractivity contribution in [2.75, 3.05) is 13.7 Å². The molecule has 0 amide bonds. The Morgan fingerprint density at radius 2 is 2.10 bits per heavy atom. The van der Waals surface area contributed by atoms with Gasteiger partial charge in [-0.25, -0.2) is 4.39 Å². The van der Waals surface area contributed by atoms with Crippen molar-refractivity contribution >= 4 is 22.9 Å². The third-order valence-electron chi connectivity index (χ3n) is 5.07. The van der Waals surface area contributed by atoms with E-state index in [9.17, 15) is 4.39 Å². The second kappa shape index (κ2) is 8.69. The fourth-order valence-electron chi connectivity index (χ4n) is 3.56. The summed E-state index contributed by atoms with van der Waals surface area (Å²) in [4.78, 5) is 6.52. The molecule has 1 N–H and O–H groups in total. The zero-order valence-corrected chi connectivity index (χ0v) is 17.9. The average Bonchev–Trinajstić information content (AvgIpc) is 3.26. The van der Waals surface area contributed by atoms with Crippen LogP contribution in [-0.4, -0.2) is 33.8 Å². The molecule has 0 aliphatic carbocycles. The van der Waals surface area contributed by atoms with E-state index in [1.165, 1.54) is 12.1 Å². The van der Waals surface area contributed by atoms with Gasteiger partial charge in [-0.3, -0.25) is 0 Å². The fraction of sp³-hybridized carbons (Fsp3) is 0.174. The number of nitrogens with one attached hydrogen (secondary N) is 1. The molecule has 1 unspecified atom stereocenters. The molecule has 1 aromatic heterocycles. The minimum atomic E-state index is -0.442. The molecule has 2 heterocycles. The zero-order valence-electron chi connectivity index (χ0n) is 17.1. The number of ether oxygens (including phenoxy) is 1. The molecule has 0 saturated heterocycles. The predicted molar refractivity (Wildman–Crippen MR) is 121 cm³/mol. The molecule has 1 atom stereocenters. The summed E-state index contributed by atoms with van der Waals surface area (Å²) >= 11 is 5.55. The minimum absolute atomic E-state index is 0.327. The van der Waals surface area contributed by atoms with Crippen LogP contribution in [0.15, 0.2) is 71.4 Å². The van der Waals surface area contributed by atoms with Crippen molar-refractivity contribution in [2.45, 2.75) is 13.0 Å². The SMILES string of the molecule is C=CCN1C(=S)NC(c2cccc(F)c2)C(c2nc(-c3cccc(OC)c3)no2)=C1C. The van der Waals surface area contributed by atoms with Gasteiger partial charge in [0.1, 0.15) is 11.6 Å². The Kier molecular flexibility index (Phi) is 5.81. The highest BCUT2D eigenvalue weighted by atomic mass is 32.1. The predicted octanol–water partition coefficient (Wildman–Crippen LogP) is 4.73. The number of rotatable bonds is 6. The highest BCUT2D eigenvalue weighted by molar-refractivity contribution is 7.80. The molecule has 0 radical (unpaired) electrons. The summed E-state index contributed by atoms with van der Waals surface area (Å²) in [6.07, 6.45) is 1.76. The van der Waals surface area contributed by atoms with Gasteiger partial charge in [0.25, 0.3) is 5.89 Å². The van der Waals surface area contributed by atoms with Crippen molar-refractivity contribution < 1.29 is 13.7 Å². The van der Waals surface area contributed by atoms with E-state index in [0.717, 1.165) is 16.8 Å². The molecular formula is C23H21FN4O2S. The molecular weight excluding hydrogens is 415 g/mol. The van der Waals surface area contributed by atoms with Crippen LogP contribution < -0.4 is 10.1 Å². The average molecular weight is 437 g/mol. The molecule has 0 fully saturated rings. The van der Waals surface area contributed by atoms with Crippen molar-refractivity contribution in [3.05, 3.63) is 84.2 Å². The maximum Gasteiger partial charge on any atom is 0.258 e. The van der Waals surface area contributed by atoms with Gasteiger partial charge >= 0.3 is 0 Å². The number of aromatic nitrogens is 2. The summed E-state index contributed by atoms with van der Waals surface area (Å²) in [5.74, 6) is 1.11. The highest BCUT2D eigenvalue weighted by Gasteiger charge is 2.33. The Morgan fingerprint density at radius 3 is 2.84 bits per heavy atom. The number of hydrogen-bond acceptors (Lipinski definition) is 5. The summed E-state index contributed by atoms with van der Waals surface area (Å²) in [6, 6.07) is 13.3. The van der Waals surface area contributed by atoms with Crippen molar-refractivity contribution in [3.63, 3.8) is 0 Å². The number of hydrogen-bond donors (Lipinski definition) is 1. The van der Waals surface area contributed by atoms with Crippen LogP contribution in [-0.2, 0) is 0 Å². The minimum Gasteiger partial charge on any atom is -0.497 e. The number of halogens is 1. The van der Waals surface area contributed by atoms with Gasteiger partial charge in [-0.2, -0.15) is 4.98 Å². The van der Waals surface area contributed by atoms with Crippen LogP contribution in [0.25, 0.3) is 17.0 Å². The third kappa shape index (κ3) is 4.06. The Balaban J connectivity index is 1.82. The quantitative estimate of drug-likeness (QED) is 0.443. The Bertz CT molecular complexity index is 1170. The largest absolute Gasteiger partial charge is 0.497 e. The lowest BCUT2D eigenvalue weighted by molar-refractivity contribution is 0.399. The van der Waals surface area contributed by atoms with Crippen molar-refractivity contribution in [1.82, 2.24) is 20.4 Å². The third-order valence-corrected chi connectivity index (χ3v) is 5.41. The number of thiocarbonyl (C=S) groups is 1. The second-order valence-corrected chi connectivity index (χ2v) is 7.38. The number of allylic oxidation sites excluding steroid dienone is 1. The molecule has 0 saturated carbocycles. The summed E-state index contributed by atoms with van der Waals surface area (Å²) in [7, 11) is 1.60. The first kappa shape index (κ1) is 20.7. The molecule has 158 valence electrons. The Labute approximate surface area is 185 Å². The highest BCUT2D eigenvalue weighted by Crippen LogP contribution is 2.37. The van der Waals surface area contributed by atoms with Crippen molar-refractivity contribution in [2.24, 2.45) is 0 Å². The molecule has 2 aromatic carbocycles. The summed E-state index contributed by atoms with van der Waals surface area (Å²) < 4.78 is 24.9. The smallest absolute Gasteiger partial charge is 0.258 e. The van der Waals surface area contributed by atoms with Crippen LogP contribution in [0.4, 0.5) is 4.39 Å². The van der Waals surface area contributed by atoms with Gasteiger partial charge in [-0.05, 0) is 49.0 Å². The van der Waals surface area contributed by atoms with Gasteiger partial charge < -0.3 is 19.5 Å².